The van der Waals surface area contributed by atoms with Gasteiger partial charge in [0.15, 0.2) is 11.9 Å². The summed E-state index contributed by atoms with van der Waals surface area (Å²) in [5, 5.41) is 10.8. The van der Waals surface area contributed by atoms with Gasteiger partial charge in [-0.25, -0.2) is 4.39 Å². The lowest BCUT2D eigenvalue weighted by atomic mass is 10.2. The molecular formula is C11H11BrFNO4. The summed E-state index contributed by atoms with van der Waals surface area (Å²) in [6.07, 6.45) is -0.566. The summed E-state index contributed by atoms with van der Waals surface area (Å²) < 4.78 is 18.4. The number of nitro groups is 1. The molecule has 7 heteroatoms. The van der Waals surface area contributed by atoms with Gasteiger partial charge in [0.1, 0.15) is 5.82 Å². The Morgan fingerprint density at radius 2 is 2.22 bits per heavy atom. The van der Waals surface area contributed by atoms with Crippen molar-refractivity contribution >= 4 is 27.4 Å². The first-order valence-corrected chi connectivity index (χ1v) is 5.99. The number of hydrogen-bond donors (Lipinski definition) is 0. The zero-order valence-corrected chi connectivity index (χ0v) is 11.4. The van der Waals surface area contributed by atoms with Gasteiger partial charge in [-0.1, -0.05) is 6.92 Å². The summed E-state index contributed by atoms with van der Waals surface area (Å²) in [6.45, 7) is 3.15. The predicted octanol–water partition coefficient (Wildman–Crippen LogP) is 3.24. The van der Waals surface area contributed by atoms with E-state index >= 15 is 0 Å². The highest BCUT2D eigenvalue weighted by atomic mass is 79.9. The number of ether oxygens (including phenoxy) is 1. The van der Waals surface area contributed by atoms with Gasteiger partial charge in [0.25, 0.3) is 0 Å². The number of carbonyl (C=O) groups excluding carboxylic acids is 1. The molecule has 0 aliphatic heterocycles. The van der Waals surface area contributed by atoms with Gasteiger partial charge in [-0.05, 0) is 28.9 Å². The lowest BCUT2D eigenvalue weighted by Gasteiger charge is -2.14. The minimum atomic E-state index is -0.824. The molecule has 18 heavy (non-hydrogen) atoms. The number of ketones is 1. The van der Waals surface area contributed by atoms with Gasteiger partial charge in [0.05, 0.1) is 15.5 Å². The molecule has 0 bridgehead atoms. The van der Waals surface area contributed by atoms with Crippen molar-refractivity contribution in [1.29, 1.82) is 0 Å². The molecule has 0 saturated carbocycles. The molecule has 0 spiro atoms. The highest BCUT2D eigenvalue weighted by molar-refractivity contribution is 9.10. The number of nitro benzene ring substituents is 1. The van der Waals surface area contributed by atoms with Crippen LogP contribution < -0.4 is 4.74 Å². The quantitative estimate of drug-likeness (QED) is 0.617. The summed E-state index contributed by atoms with van der Waals surface area (Å²) in [6, 6.07) is 1.80. The Labute approximate surface area is 111 Å². The Kier molecular flexibility index (Phi) is 4.77. The van der Waals surface area contributed by atoms with E-state index in [1.165, 1.54) is 6.92 Å². The minimum Gasteiger partial charge on any atom is -0.475 e. The fourth-order valence-corrected chi connectivity index (χ4v) is 1.84. The first kappa shape index (κ1) is 14.6. The molecule has 98 valence electrons. The standard InChI is InChI=1S/C11H11BrFNO4/c1-3-10(15)6(2)18-11-8(12)4-7(13)5-9(11)14(16)17/h4-6H,3H2,1-2H3. The monoisotopic (exact) mass is 319 g/mol. The normalized spacial score (nSPS) is 12.0. The highest BCUT2D eigenvalue weighted by Crippen LogP contribution is 2.36. The number of Topliss-reactive ketones (excluding diaryl/α,β-unsaturated/α-hetero) is 1. The van der Waals surface area contributed by atoms with E-state index in [0.29, 0.717) is 0 Å². The highest BCUT2D eigenvalue weighted by Gasteiger charge is 2.24. The molecule has 0 saturated heterocycles. The summed E-state index contributed by atoms with van der Waals surface area (Å²) in [5.41, 5.74) is -0.516. The van der Waals surface area contributed by atoms with Crippen molar-refractivity contribution in [3.63, 3.8) is 0 Å². The molecule has 1 aromatic carbocycles. The largest absolute Gasteiger partial charge is 0.475 e. The Morgan fingerprint density at radius 3 is 2.72 bits per heavy atom. The van der Waals surface area contributed by atoms with E-state index < -0.39 is 22.5 Å². The van der Waals surface area contributed by atoms with Crippen LogP contribution in [0.15, 0.2) is 16.6 Å². The van der Waals surface area contributed by atoms with Crippen LogP contribution in [-0.2, 0) is 4.79 Å². The van der Waals surface area contributed by atoms with Crippen molar-refractivity contribution in [2.24, 2.45) is 0 Å². The van der Waals surface area contributed by atoms with Gasteiger partial charge in [0.2, 0.25) is 5.75 Å². The molecule has 0 aliphatic rings. The Bertz CT molecular complexity index is 492. The number of halogens is 2. The van der Waals surface area contributed by atoms with Gasteiger partial charge in [0, 0.05) is 6.42 Å². The molecule has 0 fully saturated rings. The van der Waals surface area contributed by atoms with Gasteiger partial charge >= 0.3 is 5.69 Å². The number of carbonyl (C=O) groups is 1. The van der Waals surface area contributed by atoms with Crippen molar-refractivity contribution in [1.82, 2.24) is 0 Å². The number of benzene rings is 1. The second-order valence-electron chi connectivity index (χ2n) is 3.57. The molecule has 1 aromatic rings. The third-order valence-electron chi connectivity index (χ3n) is 2.28. The number of nitrogens with zero attached hydrogens (tertiary/aromatic N) is 1. The second kappa shape index (κ2) is 5.90. The second-order valence-corrected chi connectivity index (χ2v) is 4.43. The molecule has 1 atom stereocenters. The fourth-order valence-electron chi connectivity index (χ4n) is 1.33. The van der Waals surface area contributed by atoms with Crippen LogP contribution in [0.2, 0.25) is 0 Å². The molecule has 0 N–H and O–H groups in total. The van der Waals surface area contributed by atoms with E-state index in [0.717, 1.165) is 12.1 Å². The molecule has 0 radical (unpaired) electrons. The predicted molar refractivity (Wildman–Crippen MR) is 66.1 cm³/mol. The van der Waals surface area contributed by atoms with Crippen LogP contribution >= 0.6 is 15.9 Å². The Balaban J connectivity index is 3.15. The van der Waals surface area contributed by atoms with E-state index in [1.807, 2.05) is 0 Å². The van der Waals surface area contributed by atoms with Crippen molar-refractivity contribution in [3.8, 4) is 5.75 Å². The zero-order chi connectivity index (χ0) is 13.9. The van der Waals surface area contributed by atoms with Crippen LogP contribution in [0.25, 0.3) is 0 Å². The van der Waals surface area contributed by atoms with Crippen molar-refractivity contribution in [2.45, 2.75) is 26.4 Å². The smallest absolute Gasteiger partial charge is 0.315 e. The lowest BCUT2D eigenvalue weighted by Crippen LogP contribution is -2.23. The third-order valence-corrected chi connectivity index (χ3v) is 2.87. The third kappa shape index (κ3) is 3.25. The van der Waals surface area contributed by atoms with Gasteiger partial charge in [-0.15, -0.1) is 0 Å². The van der Waals surface area contributed by atoms with E-state index in [1.54, 1.807) is 6.92 Å². The van der Waals surface area contributed by atoms with E-state index in [2.05, 4.69) is 15.9 Å². The zero-order valence-electron chi connectivity index (χ0n) is 9.78. The molecule has 0 heterocycles. The van der Waals surface area contributed by atoms with E-state index in [9.17, 15) is 19.3 Å². The van der Waals surface area contributed by atoms with Crippen molar-refractivity contribution in [3.05, 3.63) is 32.5 Å². The fraction of sp³-hybridized carbons (Fsp3) is 0.364. The maximum Gasteiger partial charge on any atom is 0.315 e. The number of hydrogen-bond acceptors (Lipinski definition) is 4. The minimum absolute atomic E-state index is 0.102. The maximum absolute atomic E-state index is 13.1. The summed E-state index contributed by atoms with van der Waals surface area (Å²) in [7, 11) is 0. The summed E-state index contributed by atoms with van der Waals surface area (Å²) in [4.78, 5) is 21.4. The SMILES string of the molecule is CCC(=O)C(C)Oc1c(Br)cc(F)cc1[N+](=O)[O-]. The van der Waals surface area contributed by atoms with Crippen LogP contribution in [0.1, 0.15) is 20.3 Å². The molecule has 0 aliphatic carbocycles. The molecule has 1 unspecified atom stereocenters. The van der Waals surface area contributed by atoms with E-state index in [4.69, 9.17) is 4.74 Å². The van der Waals surface area contributed by atoms with Crippen molar-refractivity contribution in [2.75, 3.05) is 0 Å². The van der Waals surface area contributed by atoms with Crippen molar-refractivity contribution < 1.29 is 18.8 Å². The average Bonchev–Trinajstić information content (AvgIpc) is 2.30. The van der Waals surface area contributed by atoms with Gasteiger partial charge < -0.3 is 4.74 Å². The molecule has 1 rings (SSSR count). The van der Waals surface area contributed by atoms with Crippen LogP contribution in [0.3, 0.4) is 0 Å². The lowest BCUT2D eigenvalue weighted by molar-refractivity contribution is -0.386. The summed E-state index contributed by atoms with van der Waals surface area (Å²) >= 11 is 2.99. The van der Waals surface area contributed by atoms with Crippen LogP contribution in [0, 0.1) is 15.9 Å². The Hall–Kier alpha value is -1.50. The van der Waals surface area contributed by atoms with Gasteiger partial charge in [-0.3, -0.25) is 14.9 Å². The van der Waals surface area contributed by atoms with E-state index in [-0.39, 0.29) is 22.4 Å². The van der Waals surface area contributed by atoms with Crippen LogP contribution in [0.4, 0.5) is 10.1 Å². The molecule has 5 nitrogen and oxygen atoms in total. The topological polar surface area (TPSA) is 69.4 Å². The first-order chi connectivity index (χ1) is 8.36. The maximum atomic E-state index is 13.1. The number of rotatable bonds is 5. The Morgan fingerprint density at radius 1 is 1.61 bits per heavy atom. The van der Waals surface area contributed by atoms with Crippen LogP contribution in [-0.4, -0.2) is 16.8 Å². The molecule has 0 aromatic heterocycles. The average molecular weight is 320 g/mol. The molecular weight excluding hydrogens is 309 g/mol. The molecule has 0 amide bonds. The van der Waals surface area contributed by atoms with Crippen LogP contribution in [0.5, 0.6) is 5.75 Å². The van der Waals surface area contributed by atoms with Gasteiger partial charge in [-0.2, -0.15) is 0 Å². The first-order valence-electron chi connectivity index (χ1n) is 5.19. The summed E-state index contributed by atoms with van der Waals surface area (Å²) in [5.74, 6) is -1.09.